The van der Waals surface area contributed by atoms with E-state index in [0.29, 0.717) is 23.5 Å². The number of carbonyl (C=O) groups is 2. The number of ether oxygens (including phenoxy) is 1. The average Bonchev–Trinajstić information content (AvgIpc) is 2.62. The first kappa shape index (κ1) is 17.0. The Labute approximate surface area is 146 Å². The lowest BCUT2D eigenvalue weighted by Crippen LogP contribution is -2.36. The highest BCUT2D eigenvalue weighted by molar-refractivity contribution is 5.96. The molecule has 3 rings (SSSR count). The van der Waals surface area contributed by atoms with Crippen LogP contribution in [0.5, 0.6) is 11.5 Å². The smallest absolute Gasteiger partial charge is 0.230 e. The Morgan fingerprint density at radius 3 is 2.64 bits per heavy atom. The third kappa shape index (κ3) is 3.82. The fourth-order valence-corrected chi connectivity index (χ4v) is 3.06. The fraction of sp³-hybridized carbons (Fsp3) is 0.300. The number of hydrogen-bond acceptors (Lipinski definition) is 4. The Bertz CT molecular complexity index is 783. The first-order valence-corrected chi connectivity index (χ1v) is 8.41. The second-order valence-electron chi connectivity index (χ2n) is 6.11. The maximum absolute atomic E-state index is 12.5. The summed E-state index contributed by atoms with van der Waals surface area (Å²) in [5, 5.41) is 10.1. The van der Waals surface area contributed by atoms with Gasteiger partial charge in [0.1, 0.15) is 11.5 Å². The van der Waals surface area contributed by atoms with Gasteiger partial charge < -0.3 is 14.7 Å². The first-order valence-electron chi connectivity index (χ1n) is 8.41. The lowest BCUT2D eigenvalue weighted by atomic mass is 10.0. The molecule has 1 aliphatic heterocycles. The summed E-state index contributed by atoms with van der Waals surface area (Å²) in [5.74, 6) is 0.707. The van der Waals surface area contributed by atoms with E-state index in [-0.39, 0.29) is 30.5 Å². The van der Waals surface area contributed by atoms with Gasteiger partial charge in [0.25, 0.3) is 0 Å². The number of benzene rings is 2. The second kappa shape index (κ2) is 7.38. The van der Waals surface area contributed by atoms with Gasteiger partial charge >= 0.3 is 0 Å². The molecule has 25 heavy (non-hydrogen) atoms. The van der Waals surface area contributed by atoms with E-state index in [1.54, 1.807) is 41.3 Å². The molecule has 1 N–H and O–H groups in total. The predicted octanol–water partition coefficient (Wildman–Crippen LogP) is 3.34. The Morgan fingerprint density at radius 2 is 1.92 bits per heavy atom. The molecule has 0 saturated carbocycles. The molecule has 130 valence electrons. The molecule has 5 heteroatoms. The van der Waals surface area contributed by atoms with Crippen molar-refractivity contribution in [1.29, 1.82) is 0 Å². The van der Waals surface area contributed by atoms with Gasteiger partial charge in [0.2, 0.25) is 5.91 Å². The summed E-state index contributed by atoms with van der Waals surface area (Å²) in [7, 11) is 0. The number of rotatable bonds is 5. The van der Waals surface area contributed by atoms with Gasteiger partial charge in [-0.2, -0.15) is 0 Å². The van der Waals surface area contributed by atoms with Crippen LogP contribution in [0.4, 0.5) is 5.69 Å². The standard InChI is InChI=1S/C20H21NO4/c1-14(22)15-7-9-17(10-8-15)25-13-11-19(24)21-12-3-5-16-4-2-6-18(23)20(16)21/h2,4,6-10,23H,3,5,11-13H2,1H3. The summed E-state index contributed by atoms with van der Waals surface area (Å²) in [6.45, 7) is 2.37. The van der Waals surface area contributed by atoms with Crippen molar-refractivity contribution in [3.8, 4) is 11.5 Å². The van der Waals surface area contributed by atoms with Crippen molar-refractivity contribution >= 4 is 17.4 Å². The molecule has 0 aliphatic carbocycles. The van der Waals surface area contributed by atoms with Crippen LogP contribution in [0, 0.1) is 0 Å². The van der Waals surface area contributed by atoms with E-state index in [1.807, 2.05) is 6.07 Å². The normalized spacial score (nSPS) is 13.2. The number of phenolic OH excluding ortho intramolecular Hbond substituents is 1. The Balaban J connectivity index is 1.60. The number of para-hydroxylation sites is 1. The van der Waals surface area contributed by atoms with Crippen LogP contribution in [-0.4, -0.2) is 29.9 Å². The van der Waals surface area contributed by atoms with Gasteiger partial charge in [-0.3, -0.25) is 9.59 Å². The minimum atomic E-state index is -0.0668. The zero-order chi connectivity index (χ0) is 17.8. The highest BCUT2D eigenvalue weighted by Gasteiger charge is 2.25. The predicted molar refractivity (Wildman–Crippen MR) is 95.3 cm³/mol. The summed E-state index contributed by atoms with van der Waals surface area (Å²) >= 11 is 0. The van der Waals surface area contributed by atoms with Gasteiger partial charge in [-0.1, -0.05) is 12.1 Å². The number of nitrogens with zero attached hydrogens (tertiary/aromatic N) is 1. The van der Waals surface area contributed by atoms with Crippen molar-refractivity contribution in [3.05, 3.63) is 53.6 Å². The molecule has 2 aromatic carbocycles. The fourth-order valence-electron chi connectivity index (χ4n) is 3.06. The molecule has 0 bridgehead atoms. The van der Waals surface area contributed by atoms with Crippen LogP contribution >= 0.6 is 0 Å². The van der Waals surface area contributed by atoms with E-state index in [2.05, 4.69) is 0 Å². The molecule has 0 aromatic heterocycles. The molecular weight excluding hydrogens is 318 g/mol. The Hall–Kier alpha value is -2.82. The van der Waals surface area contributed by atoms with Crippen molar-refractivity contribution in [2.24, 2.45) is 0 Å². The third-order valence-electron chi connectivity index (χ3n) is 4.34. The highest BCUT2D eigenvalue weighted by atomic mass is 16.5. The number of aryl methyl sites for hydroxylation is 1. The van der Waals surface area contributed by atoms with Gasteiger partial charge in [0, 0.05) is 12.1 Å². The Morgan fingerprint density at radius 1 is 1.16 bits per heavy atom. The third-order valence-corrected chi connectivity index (χ3v) is 4.34. The van der Waals surface area contributed by atoms with E-state index in [1.165, 1.54) is 6.92 Å². The molecule has 0 atom stereocenters. The van der Waals surface area contributed by atoms with E-state index >= 15 is 0 Å². The molecule has 1 aliphatic rings. The maximum atomic E-state index is 12.5. The number of anilines is 1. The molecule has 0 saturated heterocycles. The molecule has 5 nitrogen and oxygen atoms in total. The summed E-state index contributed by atoms with van der Waals surface area (Å²) < 4.78 is 5.60. The van der Waals surface area contributed by atoms with Crippen molar-refractivity contribution in [2.45, 2.75) is 26.2 Å². The van der Waals surface area contributed by atoms with Crippen LogP contribution in [0.2, 0.25) is 0 Å². The quantitative estimate of drug-likeness (QED) is 0.849. The molecule has 0 unspecified atom stereocenters. The monoisotopic (exact) mass is 339 g/mol. The maximum Gasteiger partial charge on any atom is 0.230 e. The lowest BCUT2D eigenvalue weighted by molar-refractivity contribution is -0.119. The number of hydrogen-bond donors (Lipinski definition) is 1. The minimum absolute atomic E-state index is 0.00491. The van der Waals surface area contributed by atoms with Gasteiger partial charge in [-0.15, -0.1) is 0 Å². The van der Waals surface area contributed by atoms with Crippen molar-refractivity contribution < 1.29 is 19.4 Å². The lowest BCUT2D eigenvalue weighted by Gasteiger charge is -2.30. The Kier molecular flexibility index (Phi) is 5.03. The number of carbonyl (C=O) groups excluding carboxylic acids is 2. The second-order valence-corrected chi connectivity index (χ2v) is 6.11. The van der Waals surface area contributed by atoms with Crippen LogP contribution < -0.4 is 9.64 Å². The number of fused-ring (bicyclic) bond motifs is 1. The van der Waals surface area contributed by atoms with E-state index in [4.69, 9.17) is 4.74 Å². The van der Waals surface area contributed by atoms with Crippen LogP contribution in [0.1, 0.15) is 35.7 Å². The molecule has 0 fully saturated rings. The number of amides is 1. The topological polar surface area (TPSA) is 66.8 Å². The molecule has 0 radical (unpaired) electrons. The van der Waals surface area contributed by atoms with Crippen molar-refractivity contribution in [3.63, 3.8) is 0 Å². The van der Waals surface area contributed by atoms with Crippen LogP contribution in [0.15, 0.2) is 42.5 Å². The first-order chi connectivity index (χ1) is 12.1. The largest absolute Gasteiger partial charge is 0.506 e. The highest BCUT2D eigenvalue weighted by Crippen LogP contribution is 2.35. The number of aromatic hydroxyl groups is 1. The van der Waals surface area contributed by atoms with E-state index in [0.717, 1.165) is 18.4 Å². The van der Waals surface area contributed by atoms with Gasteiger partial charge in [-0.25, -0.2) is 0 Å². The summed E-state index contributed by atoms with van der Waals surface area (Å²) in [6, 6.07) is 12.2. The zero-order valence-electron chi connectivity index (χ0n) is 14.2. The van der Waals surface area contributed by atoms with Gasteiger partial charge in [0.05, 0.1) is 18.7 Å². The SMILES string of the molecule is CC(=O)c1ccc(OCCC(=O)N2CCCc3cccc(O)c32)cc1. The molecule has 2 aromatic rings. The molecular formula is C20H21NO4. The number of ketones is 1. The van der Waals surface area contributed by atoms with E-state index < -0.39 is 0 Å². The number of Topliss-reactive ketones (excluding diaryl/α,β-unsaturated/α-hetero) is 1. The van der Waals surface area contributed by atoms with Crippen LogP contribution in [0.3, 0.4) is 0 Å². The van der Waals surface area contributed by atoms with Crippen molar-refractivity contribution in [2.75, 3.05) is 18.1 Å². The minimum Gasteiger partial charge on any atom is -0.506 e. The van der Waals surface area contributed by atoms with E-state index in [9.17, 15) is 14.7 Å². The molecule has 1 heterocycles. The molecule has 0 spiro atoms. The summed E-state index contributed by atoms with van der Waals surface area (Å²) in [5.41, 5.74) is 2.26. The molecule has 1 amide bonds. The van der Waals surface area contributed by atoms with Crippen LogP contribution in [0.25, 0.3) is 0 Å². The number of phenols is 1. The summed E-state index contributed by atoms with van der Waals surface area (Å²) in [6.07, 6.45) is 1.98. The van der Waals surface area contributed by atoms with Crippen LogP contribution in [-0.2, 0) is 11.2 Å². The zero-order valence-corrected chi connectivity index (χ0v) is 14.2. The summed E-state index contributed by atoms with van der Waals surface area (Å²) in [4.78, 5) is 25.4. The average molecular weight is 339 g/mol. The van der Waals surface area contributed by atoms with Gasteiger partial charge in [0.15, 0.2) is 5.78 Å². The van der Waals surface area contributed by atoms with Gasteiger partial charge in [-0.05, 0) is 55.7 Å². The van der Waals surface area contributed by atoms with Crippen molar-refractivity contribution in [1.82, 2.24) is 0 Å².